The van der Waals surface area contributed by atoms with Crippen LogP contribution in [0.5, 0.6) is 17.4 Å². The van der Waals surface area contributed by atoms with E-state index in [9.17, 15) is 18.0 Å². The van der Waals surface area contributed by atoms with Crippen LogP contribution in [0.15, 0.2) is 49.2 Å². The zero-order valence-electron chi connectivity index (χ0n) is 18.7. The van der Waals surface area contributed by atoms with E-state index < -0.39 is 24.2 Å². The summed E-state index contributed by atoms with van der Waals surface area (Å²) in [5.41, 5.74) is 0.750. The van der Waals surface area contributed by atoms with Crippen LogP contribution in [0.3, 0.4) is 0 Å². The summed E-state index contributed by atoms with van der Waals surface area (Å²) in [6.07, 6.45) is 3.18. The molecule has 0 spiro atoms. The van der Waals surface area contributed by atoms with Crippen molar-refractivity contribution >= 4 is 5.91 Å². The van der Waals surface area contributed by atoms with E-state index in [4.69, 9.17) is 9.47 Å². The summed E-state index contributed by atoms with van der Waals surface area (Å²) in [6, 6.07) is 3.20. The topological polar surface area (TPSA) is 111 Å². The molecule has 2 N–H and O–H groups in total. The molecule has 9 nitrogen and oxygen atoms in total. The Kier molecular flexibility index (Phi) is 7.39. The maximum Gasteiger partial charge on any atom is 0.403 e. The number of carbonyl (C=O) groups excluding carboxylic acids is 1. The van der Waals surface area contributed by atoms with Gasteiger partial charge in [-0.05, 0) is 38.0 Å². The fourth-order valence-corrected chi connectivity index (χ4v) is 3.55. The van der Waals surface area contributed by atoms with Crippen LogP contribution in [0, 0.1) is 0 Å². The third-order valence-electron chi connectivity index (χ3n) is 5.28. The van der Waals surface area contributed by atoms with Gasteiger partial charge >= 0.3 is 6.18 Å². The third kappa shape index (κ3) is 6.21. The maximum absolute atomic E-state index is 12.8. The minimum absolute atomic E-state index is 0.0363. The fourth-order valence-electron chi connectivity index (χ4n) is 3.55. The molecule has 1 saturated heterocycles. The van der Waals surface area contributed by atoms with E-state index in [1.165, 1.54) is 18.6 Å². The maximum atomic E-state index is 12.8. The van der Waals surface area contributed by atoms with Crippen LogP contribution < -0.4 is 20.1 Å². The van der Waals surface area contributed by atoms with Crippen LogP contribution >= 0.6 is 0 Å². The highest BCUT2D eigenvalue weighted by atomic mass is 19.4. The van der Waals surface area contributed by atoms with Crippen molar-refractivity contribution in [1.29, 1.82) is 0 Å². The lowest BCUT2D eigenvalue weighted by Gasteiger charge is -2.31. The van der Waals surface area contributed by atoms with Crippen LogP contribution in [0.4, 0.5) is 13.2 Å². The zero-order valence-corrected chi connectivity index (χ0v) is 18.7. The Morgan fingerprint density at radius 1 is 1.17 bits per heavy atom. The molecule has 1 aliphatic rings. The lowest BCUT2D eigenvalue weighted by Crippen LogP contribution is -2.54. The number of halogens is 3. The van der Waals surface area contributed by atoms with E-state index in [0.717, 1.165) is 0 Å². The van der Waals surface area contributed by atoms with Crippen molar-refractivity contribution in [3.63, 3.8) is 0 Å². The van der Waals surface area contributed by atoms with Crippen molar-refractivity contribution in [2.75, 3.05) is 13.2 Å². The van der Waals surface area contributed by atoms with Gasteiger partial charge in [0.1, 0.15) is 11.8 Å². The predicted molar refractivity (Wildman–Crippen MR) is 119 cm³/mol. The Balaban J connectivity index is 1.39. The Morgan fingerprint density at radius 2 is 1.97 bits per heavy atom. The second-order valence-corrected chi connectivity index (χ2v) is 7.80. The van der Waals surface area contributed by atoms with Gasteiger partial charge in [0.15, 0.2) is 11.6 Å². The second kappa shape index (κ2) is 10.6. The first-order valence-corrected chi connectivity index (χ1v) is 11.0. The summed E-state index contributed by atoms with van der Waals surface area (Å²) in [7, 11) is 0. The van der Waals surface area contributed by atoms with E-state index >= 15 is 0 Å². The van der Waals surface area contributed by atoms with E-state index in [1.807, 2.05) is 6.92 Å². The summed E-state index contributed by atoms with van der Waals surface area (Å²) in [5, 5.41) is 5.15. The molecule has 35 heavy (non-hydrogen) atoms. The predicted octanol–water partition coefficient (Wildman–Crippen LogP) is 3.54. The van der Waals surface area contributed by atoms with E-state index in [-0.39, 0.29) is 24.9 Å². The van der Waals surface area contributed by atoms with Gasteiger partial charge < -0.3 is 20.1 Å². The van der Waals surface area contributed by atoms with Crippen molar-refractivity contribution in [1.82, 2.24) is 30.6 Å². The Morgan fingerprint density at radius 3 is 2.66 bits per heavy atom. The molecule has 0 bridgehead atoms. The Hall–Kier alpha value is -3.80. The molecule has 4 rings (SSSR count). The largest absolute Gasteiger partial charge is 0.488 e. The average Bonchev–Trinajstić information content (AvgIpc) is 2.85. The van der Waals surface area contributed by atoms with Gasteiger partial charge in [0.05, 0.1) is 18.4 Å². The van der Waals surface area contributed by atoms with E-state index in [2.05, 4.69) is 30.6 Å². The quantitative estimate of drug-likeness (QED) is 0.520. The van der Waals surface area contributed by atoms with Crippen molar-refractivity contribution in [3.8, 4) is 28.8 Å². The molecule has 3 aromatic rings. The van der Waals surface area contributed by atoms with Gasteiger partial charge in [-0.15, -0.1) is 0 Å². The number of nitrogens with zero attached hydrogens (tertiary/aromatic N) is 4. The molecule has 12 heteroatoms. The molecule has 184 valence electrons. The number of carbonyl (C=O) groups is 1. The highest BCUT2D eigenvalue weighted by Gasteiger charge is 2.41. The number of amides is 1. The van der Waals surface area contributed by atoms with E-state index in [1.54, 1.807) is 30.6 Å². The van der Waals surface area contributed by atoms with Crippen molar-refractivity contribution < 1.29 is 27.4 Å². The SMILES string of the molecule is CCOc1cccnc1Oc1cncc(-c2ncc(C(=O)N[C@@H]3CC[C@@H](C(F)(F)F)NC3)cn2)c1. The molecular weight excluding hydrogens is 465 g/mol. The molecule has 1 amide bonds. The summed E-state index contributed by atoms with van der Waals surface area (Å²) in [4.78, 5) is 29.3. The van der Waals surface area contributed by atoms with Crippen LogP contribution in [-0.2, 0) is 0 Å². The van der Waals surface area contributed by atoms with Gasteiger partial charge in [-0.25, -0.2) is 15.0 Å². The minimum Gasteiger partial charge on any atom is -0.488 e. The molecule has 0 radical (unpaired) electrons. The molecule has 0 aromatic carbocycles. The third-order valence-corrected chi connectivity index (χ3v) is 5.28. The van der Waals surface area contributed by atoms with Crippen LogP contribution in [-0.4, -0.2) is 57.3 Å². The van der Waals surface area contributed by atoms with Gasteiger partial charge in [-0.2, -0.15) is 13.2 Å². The highest BCUT2D eigenvalue weighted by molar-refractivity contribution is 5.93. The van der Waals surface area contributed by atoms with Gasteiger partial charge in [0.25, 0.3) is 11.8 Å². The zero-order chi connectivity index (χ0) is 24.8. The van der Waals surface area contributed by atoms with Crippen molar-refractivity contribution in [2.24, 2.45) is 0 Å². The summed E-state index contributed by atoms with van der Waals surface area (Å²) >= 11 is 0. The summed E-state index contributed by atoms with van der Waals surface area (Å²) < 4.78 is 49.6. The Labute approximate surface area is 199 Å². The number of rotatable bonds is 7. The highest BCUT2D eigenvalue weighted by Crippen LogP contribution is 2.30. The number of piperidine rings is 1. The lowest BCUT2D eigenvalue weighted by molar-refractivity contribution is -0.160. The number of pyridine rings is 2. The molecule has 1 aliphatic heterocycles. The average molecular weight is 488 g/mol. The van der Waals surface area contributed by atoms with E-state index in [0.29, 0.717) is 35.4 Å². The standard InChI is InChI=1S/C23H23F3N6O3/c1-2-34-18-4-3-7-28-22(18)35-17-8-14(9-27-13-17)20-30-10-15(11-31-20)21(33)32-16-5-6-19(29-12-16)23(24,25)26/h3-4,7-11,13,16,19,29H,2,5-6,12H2,1H3,(H,32,33)/t16-,19+/m1/s1. The molecule has 4 heterocycles. The molecule has 0 unspecified atom stereocenters. The number of hydrogen-bond acceptors (Lipinski definition) is 8. The number of hydrogen-bond donors (Lipinski definition) is 2. The molecular formula is C23H23F3N6O3. The number of alkyl halides is 3. The molecule has 0 saturated carbocycles. The normalized spacial score (nSPS) is 18.1. The van der Waals surface area contributed by atoms with Crippen molar-refractivity contribution in [3.05, 3.63) is 54.7 Å². The number of nitrogens with one attached hydrogen (secondary N) is 2. The molecule has 2 atom stereocenters. The van der Waals surface area contributed by atoms with Crippen LogP contribution in [0.2, 0.25) is 0 Å². The second-order valence-electron chi connectivity index (χ2n) is 7.80. The molecule has 3 aromatic heterocycles. The first kappa shape index (κ1) is 24.3. The van der Waals surface area contributed by atoms with Gasteiger partial charge in [0, 0.05) is 42.9 Å². The van der Waals surface area contributed by atoms with Crippen LogP contribution in [0.1, 0.15) is 30.1 Å². The monoisotopic (exact) mass is 488 g/mol. The summed E-state index contributed by atoms with van der Waals surface area (Å²) in [5.74, 6) is 1.05. The minimum atomic E-state index is -4.29. The van der Waals surface area contributed by atoms with Gasteiger partial charge in [-0.1, -0.05) is 0 Å². The number of ether oxygens (including phenoxy) is 2. The molecule has 0 aliphatic carbocycles. The lowest BCUT2D eigenvalue weighted by atomic mass is 10.00. The summed E-state index contributed by atoms with van der Waals surface area (Å²) in [6.45, 7) is 2.35. The Bertz CT molecular complexity index is 1150. The fraction of sp³-hybridized carbons (Fsp3) is 0.348. The number of aromatic nitrogens is 4. The first-order valence-electron chi connectivity index (χ1n) is 11.0. The van der Waals surface area contributed by atoms with Crippen molar-refractivity contribution in [2.45, 2.75) is 38.0 Å². The van der Waals surface area contributed by atoms with Crippen LogP contribution in [0.25, 0.3) is 11.4 Å². The first-order chi connectivity index (χ1) is 16.8. The van der Waals surface area contributed by atoms with Gasteiger partial charge in [0.2, 0.25) is 0 Å². The smallest absolute Gasteiger partial charge is 0.403 e. The molecule has 1 fully saturated rings. The van der Waals surface area contributed by atoms with Gasteiger partial charge in [-0.3, -0.25) is 9.78 Å².